The number of phosphoric ester groups is 1. The van der Waals surface area contributed by atoms with E-state index in [1.807, 2.05) is 0 Å². The zero-order valence-electron chi connectivity index (χ0n) is 26.5. The molecule has 0 saturated carbocycles. The van der Waals surface area contributed by atoms with E-state index >= 15 is 0 Å². The van der Waals surface area contributed by atoms with Gasteiger partial charge in [-0.15, -0.1) is 0 Å². The van der Waals surface area contributed by atoms with Crippen molar-refractivity contribution in [2.45, 2.75) is 129 Å². The van der Waals surface area contributed by atoms with Crippen LogP contribution in [0.5, 0.6) is 0 Å². The summed E-state index contributed by atoms with van der Waals surface area (Å²) in [7, 11) is -3.20. The molecule has 0 rings (SSSR count). The number of aliphatic carboxylic acids is 1. The summed E-state index contributed by atoms with van der Waals surface area (Å²) in [6, 6.07) is -1.42. The summed E-state index contributed by atoms with van der Waals surface area (Å²) in [6.07, 6.45) is 7.82. The third kappa shape index (κ3) is 24.8. The molecule has 42 heavy (non-hydrogen) atoms. The number of phosphoric acid groups is 1. The molecular formula is C28H54NO12P. The third-order valence-corrected chi connectivity index (χ3v) is 6.48. The van der Waals surface area contributed by atoms with E-state index in [1.165, 1.54) is 7.11 Å². The topological polar surface area (TPSA) is 176 Å². The van der Waals surface area contributed by atoms with Crippen LogP contribution in [0.3, 0.4) is 0 Å². The lowest BCUT2D eigenvalue weighted by atomic mass is 10.1. The third-order valence-electron chi connectivity index (χ3n) is 5.53. The SMILES string of the molecule is CO[C@H](COCCCCCCCCCCCC(=O)O)COP(=O)(O)OC[C@H](NC(=O)OC(C)(C)C)C(=O)OC(C)(C)C. The Morgan fingerprint density at radius 3 is 1.76 bits per heavy atom. The number of amides is 1. The lowest BCUT2D eigenvalue weighted by Crippen LogP contribution is -2.48. The van der Waals surface area contributed by atoms with Crippen molar-refractivity contribution in [2.75, 3.05) is 33.5 Å². The Bertz CT molecular complexity index is 825. The maximum absolute atomic E-state index is 12.6. The van der Waals surface area contributed by atoms with Gasteiger partial charge in [0, 0.05) is 20.1 Å². The molecule has 3 atom stereocenters. The van der Waals surface area contributed by atoms with E-state index in [4.69, 9.17) is 33.1 Å². The van der Waals surface area contributed by atoms with Gasteiger partial charge in [-0.25, -0.2) is 14.2 Å². The molecule has 0 bridgehead atoms. The number of alkyl carbamates (subject to hydrolysis) is 1. The number of carbonyl (C=O) groups is 3. The molecule has 3 N–H and O–H groups in total. The molecule has 1 amide bonds. The number of carbonyl (C=O) groups excluding carboxylic acids is 2. The van der Waals surface area contributed by atoms with Crippen LogP contribution in [0.4, 0.5) is 4.79 Å². The molecule has 0 heterocycles. The Kier molecular flexibility index (Phi) is 20.1. The van der Waals surface area contributed by atoms with Gasteiger partial charge < -0.3 is 34.3 Å². The van der Waals surface area contributed by atoms with Crippen LogP contribution < -0.4 is 5.32 Å². The number of methoxy groups -OCH3 is 1. The van der Waals surface area contributed by atoms with Gasteiger partial charge in [-0.1, -0.05) is 44.9 Å². The Hall–Kier alpha value is -1.76. The molecule has 13 nitrogen and oxygen atoms in total. The van der Waals surface area contributed by atoms with Crippen LogP contribution in [-0.2, 0) is 42.1 Å². The maximum Gasteiger partial charge on any atom is 0.472 e. The summed E-state index contributed by atoms with van der Waals surface area (Å²) in [5, 5.41) is 10.9. The molecule has 0 aromatic rings. The highest BCUT2D eigenvalue weighted by Crippen LogP contribution is 2.43. The maximum atomic E-state index is 12.6. The van der Waals surface area contributed by atoms with Crippen molar-refractivity contribution in [3.8, 4) is 0 Å². The Balaban J connectivity index is 4.38. The molecule has 0 aliphatic heterocycles. The highest BCUT2D eigenvalue weighted by molar-refractivity contribution is 7.47. The number of unbranched alkanes of at least 4 members (excludes halogenated alkanes) is 8. The quantitative estimate of drug-likeness (QED) is 0.0751. The molecule has 0 aromatic heterocycles. The molecular weight excluding hydrogens is 573 g/mol. The fourth-order valence-corrected chi connectivity index (χ4v) is 4.26. The summed E-state index contributed by atoms with van der Waals surface area (Å²) >= 11 is 0. The van der Waals surface area contributed by atoms with E-state index in [1.54, 1.807) is 41.5 Å². The average molecular weight is 628 g/mol. The number of hydrogen-bond acceptors (Lipinski definition) is 10. The zero-order valence-corrected chi connectivity index (χ0v) is 27.4. The molecule has 0 saturated heterocycles. The first kappa shape index (κ1) is 40.2. The minimum Gasteiger partial charge on any atom is -0.481 e. The monoisotopic (exact) mass is 627 g/mol. The largest absolute Gasteiger partial charge is 0.481 e. The number of hydrogen-bond donors (Lipinski definition) is 3. The smallest absolute Gasteiger partial charge is 0.472 e. The second-order valence-corrected chi connectivity index (χ2v) is 13.5. The van der Waals surface area contributed by atoms with Crippen molar-refractivity contribution in [3.63, 3.8) is 0 Å². The van der Waals surface area contributed by atoms with Crippen molar-refractivity contribution in [3.05, 3.63) is 0 Å². The van der Waals surface area contributed by atoms with Gasteiger partial charge >= 0.3 is 25.9 Å². The Labute approximate surface area is 250 Å². The number of rotatable bonds is 23. The van der Waals surface area contributed by atoms with Gasteiger partial charge in [-0.05, 0) is 54.4 Å². The Morgan fingerprint density at radius 2 is 1.26 bits per heavy atom. The summed E-state index contributed by atoms with van der Waals surface area (Å²) in [6.45, 7) is 9.53. The molecule has 248 valence electrons. The van der Waals surface area contributed by atoms with E-state index in [0.717, 1.165) is 57.8 Å². The molecule has 0 fully saturated rings. The summed E-state index contributed by atoms with van der Waals surface area (Å²) in [5.41, 5.74) is -1.70. The van der Waals surface area contributed by atoms with Crippen LogP contribution in [0, 0.1) is 0 Å². The minimum absolute atomic E-state index is 0.146. The van der Waals surface area contributed by atoms with E-state index in [9.17, 15) is 23.8 Å². The van der Waals surface area contributed by atoms with Gasteiger partial charge in [0.2, 0.25) is 0 Å². The normalized spacial score (nSPS) is 15.0. The number of nitrogens with one attached hydrogen (secondary N) is 1. The van der Waals surface area contributed by atoms with Crippen molar-refractivity contribution in [1.82, 2.24) is 5.32 Å². The van der Waals surface area contributed by atoms with Gasteiger partial charge in [-0.2, -0.15) is 0 Å². The highest BCUT2D eigenvalue weighted by Gasteiger charge is 2.32. The fourth-order valence-electron chi connectivity index (χ4n) is 3.49. The van der Waals surface area contributed by atoms with Crippen LogP contribution in [0.2, 0.25) is 0 Å². The van der Waals surface area contributed by atoms with Crippen molar-refractivity contribution in [1.29, 1.82) is 0 Å². The molecule has 0 spiro atoms. The van der Waals surface area contributed by atoms with Crippen LogP contribution in [0.1, 0.15) is 106 Å². The second kappa shape index (κ2) is 21.0. The lowest BCUT2D eigenvalue weighted by molar-refractivity contribution is -0.158. The molecule has 0 aliphatic rings. The lowest BCUT2D eigenvalue weighted by Gasteiger charge is -2.26. The number of esters is 1. The summed E-state index contributed by atoms with van der Waals surface area (Å²) in [5.74, 6) is -1.61. The van der Waals surface area contributed by atoms with Gasteiger partial charge in [0.25, 0.3) is 0 Å². The Morgan fingerprint density at radius 1 is 0.762 bits per heavy atom. The fraction of sp³-hybridized carbons (Fsp3) is 0.893. The van der Waals surface area contributed by atoms with Crippen LogP contribution in [0.25, 0.3) is 0 Å². The first-order valence-electron chi connectivity index (χ1n) is 14.6. The standard InChI is InChI=1S/C28H54NO12P/c1-27(2,3)40-25(32)23(29-26(33)41-28(4,5)6)21-39-42(34,35)38-20-22(36-7)19-37-18-16-14-12-10-8-9-11-13-15-17-24(30)31/h22-23H,8-21H2,1-7H3,(H,29,33)(H,30,31)(H,34,35)/t22-,23+/m1/s1. The molecule has 0 aromatic carbocycles. The van der Waals surface area contributed by atoms with Gasteiger partial charge in [0.1, 0.15) is 17.3 Å². The first-order valence-corrected chi connectivity index (χ1v) is 16.1. The predicted octanol–water partition coefficient (Wildman–Crippen LogP) is 5.37. The highest BCUT2D eigenvalue weighted by atomic mass is 31.2. The minimum atomic E-state index is -4.62. The summed E-state index contributed by atoms with van der Waals surface area (Å²) < 4.78 is 43.8. The number of carboxylic acid groups (broad SMARTS) is 1. The molecule has 0 radical (unpaired) electrons. The second-order valence-electron chi connectivity index (χ2n) is 12.1. The number of ether oxygens (including phenoxy) is 4. The van der Waals surface area contributed by atoms with Gasteiger partial charge in [0.05, 0.1) is 19.8 Å². The van der Waals surface area contributed by atoms with Gasteiger partial charge in [0.15, 0.2) is 6.04 Å². The van der Waals surface area contributed by atoms with E-state index in [0.29, 0.717) is 6.61 Å². The zero-order chi connectivity index (χ0) is 32.2. The van der Waals surface area contributed by atoms with E-state index < -0.39 is 55.8 Å². The van der Waals surface area contributed by atoms with Crippen molar-refractivity contribution < 1.29 is 56.9 Å². The van der Waals surface area contributed by atoms with Crippen LogP contribution in [-0.4, -0.2) is 84.9 Å². The van der Waals surface area contributed by atoms with Crippen LogP contribution in [0.15, 0.2) is 0 Å². The molecule has 1 unspecified atom stereocenters. The number of carboxylic acids is 1. The van der Waals surface area contributed by atoms with E-state index in [2.05, 4.69) is 5.32 Å². The summed E-state index contributed by atoms with van der Waals surface area (Å²) in [4.78, 5) is 45.4. The van der Waals surface area contributed by atoms with E-state index in [-0.39, 0.29) is 19.6 Å². The van der Waals surface area contributed by atoms with Crippen molar-refractivity contribution in [2.24, 2.45) is 0 Å². The van der Waals surface area contributed by atoms with Crippen LogP contribution >= 0.6 is 7.82 Å². The average Bonchev–Trinajstić information content (AvgIpc) is 2.84. The first-order chi connectivity index (χ1) is 19.4. The van der Waals surface area contributed by atoms with Crippen molar-refractivity contribution >= 4 is 25.9 Å². The molecule has 14 heteroatoms. The molecule has 0 aliphatic carbocycles. The van der Waals surface area contributed by atoms with Gasteiger partial charge in [-0.3, -0.25) is 13.8 Å². The predicted molar refractivity (Wildman–Crippen MR) is 156 cm³/mol.